The van der Waals surface area contributed by atoms with Crippen LogP contribution in [0.5, 0.6) is 0 Å². The maximum atomic E-state index is 10.6. The van der Waals surface area contributed by atoms with Crippen molar-refractivity contribution in [2.75, 3.05) is 26.2 Å². The summed E-state index contributed by atoms with van der Waals surface area (Å²) in [4.78, 5) is 40.4. The van der Waals surface area contributed by atoms with E-state index in [2.05, 4.69) is 38.0 Å². The number of piperazine rings is 1. The van der Waals surface area contributed by atoms with Crippen LogP contribution in [-0.2, 0) is 32.3 Å². The number of pyridine rings is 2. The van der Waals surface area contributed by atoms with Gasteiger partial charge in [-0.1, -0.05) is 12.1 Å². The number of nitrogens with zero attached hydrogens (tertiary/aromatic N) is 4. The fourth-order valence-electron chi connectivity index (χ4n) is 3.74. The van der Waals surface area contributed by atoms with Crippen molar-refractivity contribution in [2.24, 2.45) is 0 Å². The average molecular weight is 666 g/mol. The van der Waals surface area contributed by atoms with Crippen molar-refractivity contribution in [3.63, 3.8) is 0 Å². The maximum absolute atomic E-state index is 10.6. The summed E-state index contributed by atoms with van der Waals surface area (Å²) in [6, 6.07) is 10.8. The van der Waals surface area contributed by atoms with Crippen LogP contribution in [0.3, 0.4) is 0 Å². The van der Waals surface area contributed by atoms with Gasteiger partial charge in [-0.25, -0.2) is 14.4 Å². The lowest BCUT2D eigenvalue weighted by molar-refractivity contribution is -0.193. The Balaban J connectivity index is 0.000000396. The predicted octanol–water partition coefficient (Wildman–Crippen LogP) is 3.85. The molecule has 2 atom stereocenters. The van der Waals surface area contributed by atoms with E-state index in [1.165, 1.54) is 0 Å². The molecular formula is C25H27F9N4O7. The molecule has 0 bridgehead atoms. The summed E-state index contributed by atoms with van der Waals surface area (Å²) in [5, 5.41) is 21.4. The van der Waals surface area contributed by atoms with Gasteiger partial charge in [0.2, 0.25) is 0 Å². The van der Waals surface area contributed by atoms with Gasteiger partial charge in [-0.2, -0.15) is 39.5 Å². The Kier molecular flexibility index (Phi) is 15.1. The first-order valence-corrected chi connectivity index (χ1v) is 12.5. The van der Waals surface area contributed by atoms with Gasteiger partial charge in [0.25, 0.3) is 0 Å². The Morgan fingerprint density at radius 2 is 1.36 bits per heavy atom. The molecule has 2 fully saturated rings. The minimum absolute atomic E-state index is 0.338. The smallest absolute Gasteiger partial charge is 0.475 e. The molecular weight excluding hydrogens is 639 g/mol. The van der Waals surface area contributed by atoms with Crippen molar-refractivity contribution in [1.29, 1.82) is 0 Å². The van der Waals surface area contributed by atoms with Crippen LogP contribution in [-0.4, -0.2) is 110 Å². The molecule has 0 aromatic carbocycles. The Labute approximate surface area is 248 Å². The molecule has 2 saturated heterocycles. The number of hydrogen-bond acceptors (Lipinski definition) is 8. The van der Waals surface area contributed by atoms with Gasteiger partial charge in [-0.05, 0) is 30.2 Å². The van der Waals surface area contributed by atoms with E-state index in [-0.39, 0.29) is 0 Å². The van der Waals surface area contributed by atoms with Gasteiger partial charge < -0.3 is 20.1 Å². The van der Waals surface area contributed by atoms with E-state index < -0.39 is 36.4 Å². The number of rotatable bonds is 5. The molecule has 11 nitrogen and oxygen atoms in total. The number of fused-ring (bicyclic) bond motifs is 1. The standard InChI is InChI=1S/C19H24N4O.3C2HF3O2/c1-2-7-21-17(5-1)12-22-8-9-23-14-19(10-18(23)13-22)24-15-16-4-3-6-20-11-16;3*3-2(4,5)1(6)7/h1-7,11,18-19H,8-10,12-15H2;3*(H,6,7). The molecule has 2 aromatic rings. The number of carboxylic acids is 3. The zero-order valence-electron chi connectivity index (χ0n) is 22.9. The third-order valence-electron chi connectivity index (χ3n) is 5.71. The molecule has 0 amide bonds. The Morgan fingerprint density at radius 1 is 0.800 bits per heavy atom. The maximum Gasteiger partial charge on any atom is 0.490 e. The fourth-order valence-corrected chi connectivity index (χ4v) is 3.74. The third-order valence-corrected chi connectivity index (χ3v) is 5.71. The predicted molar refractivity (Wildman–Crippen MR) is 133 cm³/mol. The van der Waals surface area contributed by atoms with Crippen LogP contribution in [0.4, 0.5) is 39.5 Å². The number of halogens is 9. The van der Waals surface area contributed by atoms with Gasteiger partial charge in [-0.15, -0.1) is 0 Å². The zero-order chi connectivity index (χ0) is 34.4. The first kappa shape index (κ1) is 39.0. The summed E-state index contributed by atoms with van der Waals surface area (Å²) in [7, 11) is 0. The summed E-state index contributed by atoms with van der Waals surface area (Å²) < 4.78 is 101. The third kappa shape index (κ3) is 16.0. The van der Waals surface area contributed by atoms with Crippen molar-refractivity contribution in [3.8, 4) is 0 Å². The second kappa shape index (κ2) is 17.4. The summed E-state index contributed by atoms with van der Waals surface area (Å²) in [5.41, 5.74) is 2.31. The van der Waals surface area contributed by atoms with Gasteiger partial charge in [-0.3, -0.25) is 19.8 Å². The van der Waals surface area contributed by atoms with Crippen molar-refractivity contribution in [2.45, 2.75) is 50.2 Å². The van der Waals surface area contributed by atoms with Crippen molar-refractivity contribution in [1.82, 2.24) is 19.8 Å². The number of hydrogen-bond donors (Lipinski definition) is 3. The quantitative estimate of drug-likeness (QED) is 0.399. The molecule has 4 rings (SSSR count). The van der Waals surface area contributed by atoms with Gasteiger partial charge in [0, 0.05) is 57.4 Å². The van der Waals surface area contributed by atoms with Crippen LogP contribution in [0.15, 0.2) is 48.9 Å². The Morgan fingerprint density at radius 3 is 1.80 bits per heavy atom. The number of carboxylic acid groups (broad SMARTS) is 3. The van der Waals surface area contributed by atoms with Gasteiger partial charge >= 0.3 is 36.4 Å². The highest BCUT2D eigenvalue weighted by Gasteiger charge is 2.40. The van der Waals surface area contributed by atoms with Crippen LogP contribution < -0.4 is 0 Å². The highest BCUT2D eigenvalue weighted by Crippen LogP contribution is 2.25. The normalized spacial score (nSPS) is 18.5. The molecule has 45 heavy (non-hydrogen) atoms. The number of carbonyl (C=O) groups is 3. The SMILES string of the molecule is O=C(O)C(F)(F)F.O=C(O)C(F)(F)F.O=C(O)C(F)(F)F.c1ccc(CN2CCN3CC(OCc4cccnc4)CC3C2)nc1. The van der Waals surface area contributed by atoms with Crippen LogP contribution in [0.1, 0.15) is 17.7 Å². The molecule has 20 heteroatoms. The van der Waals surface area contributed by atoms with Crippen molar-refractivity contribution in [3.05, 3.63) is 60.2 Å². The van der Waals surface area contributed by atoms with Crippen molar-refractivity contribution < 1.29 is 74.0 Å². The lowest BCUT2D eigenvalue weighted by Gasteiger charge is -2.37. The highest BCUT2D eigenvalue weighted by atomic mass is 19.4. The molecule has 0 radical (unpaired) electrons. The Hall–Kier alpha value is -4.04. The van der Waals surface area contributed by atoms with E-state index in [0.717, 1.165) is 50.4 Å². The average Bonchev–Trinajstić information content (AvgIpc) is 3.35. The van der Waals surface area contributed by atoms with E-state index >= 15 is 0 Å². The second-order valence-electron chi connectivity index (χ2n) is 9.14. The minimum atomic E-state index is -5.08. The molecule has 2 unspecified atom stereocenters. The number of aromatic nitrogens is 2. The molecule has 2 aliphatic heterocycles. The van der Waals surface area contributed by atoms with E-state index in [4.69, 9.17) is 34.4 Å². The summed E-state index contributed by atoms with van der Waals surface area (Å²) in [5.74, 6) is -8.27. The molecule has 0 spiro atoms. The van der Waals surface area contributed by atoms with Crippen LogP contribution in [0.2, 0.25) is 0 Å². The number of aliphatic carboxylic acids is 3. The molecule has 2 aliphatic rings. The van der Waals surface area contributed by atoms with E-state index in [1.807, 2.05) is 24.5 Å². The molecule has 252 valence electrons. The van der Waals surface area contributed by atoms with Gasteiger partial charge in [0.15, 0.2) is 0 Å². The Bertz CT molecular complexity index is 1140. The van der Waals surface area contributed by atoms with Gasteiger partial charge in [0.05, 0.1) is 18.4 Å². The molecule has 3 N–H and O–H groups in total. The monoisotopic (exact) mass is 666 g/mol. The minimum Gasteiger partial charge on any atom is -0.475 e. The topological polar surface area (TPSA) is 153 Å². The van der Waals surface area contributed by atoms with Crippen LogP contribution >= 0.6 is 0 Å². The van der Waals surface area contributed by atoms with Crippen molar-refractivity contribution >= 4 is 17.9 Å². The molecule has 4 heterocycles. The number of alkyl halides is 9. The molecule has 0 saturated carbocycles. The first-order chi connectivity index (χ1) is 20.7. The fraction of sp³-hybridized carbons (Fsp3) is 0.480. The lowest BCUT2D eigenvalue weighted by Crippen LogP contribution is -2.49. The summed E-state index contributed by atoms with van der Waals surface area (Å²) >= 11 is 0. The van der Waals surface area contributed by atoms with E-state index in [0.29, 0.717) is 18.8 Å². The van der Waals surface area contributed by atoms with Gasteiger partial charge in [0.1, 0.15) is 0 Å². The van der Waals surface area contributed by atoms with E-state index in [1.54, 1.807) is 6.20 Å². The first-order valence-electron chi connectivity index (χ1n) is 12.5. The highest BCUT2D eigenvalue weighted by molar-refractivity contribution is 5.73. The van der Waals surface area contributed by atoms with Crippen LogP contribution in [0, 0.1) is 0 Å². The summed E-state index contributed by atoms with van der Waals surface area (Å²) in [6.45, 7) is 6.03. The number of ether oxygens (including phenoxy) is 1. The zero-order valence-corrected chi connectivity index (χ0v) is 22.9. The summed E-state index contributed by atoms with van der Waals surface area (Å²) in [6.07, 6.45) is -8.22. The largest absolute Gasteiger partial charge is 0.490 e. The van der Waals surface area contributed by atoms with E-state index in [9.17, 15) is 39.5 Å². The molecule has 0 aliphatic carbocycles. The second-order valence-corrected chi connectivity index (χ2v) is 9.14. The molecule has 2 aromatic heterocycles. The lowest BCUT2D eigenvalue weighted by atomic mass is 10.1. The van der Waals surface area contributed by atoms with Crippen LogP contribution in [0.25, 0.3) is 0 Å².